The minimum atomic E-state index is -0.384. The van der Waals surface area contributed by atoms with Crippen LogP contribution < -0.4 is 5.32 Å². The van der Waals surface area contributed by atoms with Crippen LogP contribution in [0.4, 0.5) is 9.59 Å². The van der Waals surface area contributed by atoms with E-state index in [1.54, 1.807) is 17.3 Å². The molecule has 1 fully saturated rings. The zero-order chi connectivity index (χ0) is 21.3. The molecule has 0 radical (unpaired) electrons. The number of nitrogens with zero attached hydrogens (tertiary/aromatic N) is 5. The molecule has 9 nitrogen and oxygen atoms in total. The number of benzene rings is 1. The van der Waals surface area contributed by atoms with E-state index < -0.39 is 0 Å². The maximum absolute atomic E-state index is 12.9. The first-order valence-electron chi connectivity index (χ1n) is 9.88. The fourth-order valence-corrected chi connectivity index (χ4v) is 3.49. The first kappa shape index (κ1) is 19.8. The molecule has 4 rings (SSSR count). The Morgan fingerprint density at radius 1 is 1.20 bits per heavy atom. The molecule has 1 aromatic heterocycles. The third-order valence-corrected chi connectivity index (χ3v) is 5.22. The van der Waals surface area contributed by atoms with Gasteiger partial charge in [-0.15, -0.1) is 0 Å². The summed E-state index contributed by atoms with van der Waals surface area (Å²) in [5.41, 5.74) is 4.14. The molecule has 156 valence electrons. The summed E-state index contributed by atoms with van der Waals surface area (Å²) in [6, 6.07) is 6.82. The molecular weight excluding hydrogens is 384 g/mol. The Morgan fingerprint density at radius 2 is 1.97 bits per heavy atom. The Kier molecular flexibility index (Phi) is 5.35. The summed E-state index contributed by atoms with van der Waals surface area (Å²) < 4.78 is 5.11. The van der Waals surface area contributed by atoms with Crippen LogP contribution in [0.5, 0.6) is 0 Å². The lowest BCUT2D eigenvalue weighted by Gasteiger charge is -2.23. The SMILES string of the molecule is Cc1ccc(C2=NN(C(=O)N[C@H](C)c3cnc(C)cn3)C[C@H]2N2CCOC2=O)cc1. The topological polar surface area (TPSA) is 100 Å². The average Bonchev–Trinajstić information content (AvgIpc) is 3.35. The number of hydrazone groups is 1. The first-order chi connectivity index (χ1) is 14.4. The highest BCUT2D eigenvalue weighted by Gasteiger charge is 2.40. The summed E-state index contributed by atoms with van der Waals surface area (Å²) in [6.07, 6.45) is 2.93. The number of carbonyl (C=O) groups excluding carboxylic acids is 2. The van der Waals surface area contributed by atoms with Crippen LogP contribution in [0, 0.1) is 13.8 Å². The lowest BCUT2D eigenvalue weighted by atomic mass is 10.0. The smallest absolute Gasteiger partial charge is 0.410 e. The minimum absolute atomic E-state index is 0.260. The fourth-order valence-electron chi connectivity index (χ4n) is 3.49. The predicted molar refractivity (Wildman–Crippen MR) is 110 cm³/mol. The van der Waals surface area contributed by atoms with Crippen LogP contribution in [0.1, 0.15) is 35.5 Å². The van der Waals surface area contributed by atoms with Gasteiger partial charge in [0.1, 0.15) is 6.61 Å². The molecule has 30 heavy (non-hydrogen) atoms. The number of nitrogens with one attached hydrogen (secondary N) is 1. The second-order valence-corrected chi connectivity index (χ2v) is 7.51. The number of amides is 3. The van der Waals surface area contributed by atoms with E-state index in [4.69, 9.17) is 4.74 Å². The van der Waals surface area contributed by atoms with E-state index in [1.165, 1.54) is 5.01 Å². The number of rotatable bonds is 4. The monoisotopic (exact) mass is 408 g/mol. The van der Waals surface area contributed by atoms with Crippen molar-refractivity contribution in [2.24, 2.45) is 5.10 Å². The molecule has 1 saturated heterocycles. The molecule has 2 aliphatic rings. The molecule has 3 amide bonds. The van der Waals surface area contributed by atoms with E-state index in [1.807, 2.05) is 45.0 Å². The summed E-state index contributed by atoms with van der Waals surface area (Å²) >= 11 is 0. The van der Waals surface area contributed by atoms with Crippen molar-refractivity contribution < 1.29 is 14.3 Å². The summed E-state index contributed by atoms with van der Waals surface area (Å²) in [5, 5.41) is 8.83. The molecule has 3 heterocycles. The number of hydrogen-bond donors (Lipinski definition) is 1. The van der Waals surface area contributed by atoms with Gasteiger partial charge in [-0.1, -0.05) is 29.8 Å². The van der Waals surface area contributed by atoms with Gasteiger partial charge < -0.3 is 10.1 Å². The number of aromatic nitrogens is 2. The molecule has 9 heteroatoms. The van der Waals surface area contributed by atoms with Crippen molar-refractivity contribution in [1.29, 1.82) is 0 Å². The molecule has 0 saturated carbocycles. The maximum Gasteiger partial charge on any atom is 0.410 e. The van der Waals surface area contributed by atoms with Crippen molar-refractivity contribution >= 4 is 17.8 Å². The quantitative estimate of drug-likeness (QED) is 0.837. The van der Waals surface area contributed by atoms with Gasteiger partial charge in [0.05, 0.1) is 48.5 Å². The molecular formula is C21H24N6O3. The average molecular weight is 408 g/mol. The Hall–Kier alpha value is -3.49. The fraction of sp³-hybridized carbons (Fsp3) is 0.381. The third-order valence-electron chi connectivity index (χ3n) is 5.22. The van der Waals surface area contributed by atoms with E-state index in [2.05, 4.69) is 20.4 Å². The minimum Gasteiger partial charge on any atom is -0.448 e. The molecule has 0 bridgehead atoms. The number of urea groups is 1. The summed E-state index contributed by atoms with van der Waals surface area (Å²) in [6.45, 7) is 6.77. The zero-order valence-electron chi connectivity index (χ0n) is 17.2. The molecule has 0 unspecified atom stereocenters. The van der Waals surface area contributed by atoms with Gasteiger partial charge in [0, 0.05) is 6.20 Å². The zero-order valence-corrected chi connectivity index (χ0v) is 17.2. The van der Waals surface area contributed by atoms with Crippen molar-refractivity contribution in [3.8, 4) is 0 Å². The molecule has 0 spiro atoms. The van der Waals surface area contributed by atoms with Gasteiger partial charge in [0.15, 0.2) is 0 Å². The summed E-state index contributed by atoms with van der Waals surface area (Å²) in [4.78, 5) is 35.2. The highest BCUT2D eigenvalue weighted by Crippen LogP contribution is 2.23. The van der Waals surface area contributed by atoms with Crippen molar-refractivity contribution in [3.05, 3.63) is 59.2 Å². The van der Waals surface area contributed by atoms with Crippen LogP contribution >= 0.6 is 0 Å². The van der Waals surface area contributed by atoms with Crippen LogP contribution in [-0.4, -0.2) is 63.5 Å². The molecule has 2 atom stereocenters. The predicted octanol–water partition coefficient (Wildman–Crippen LogP) is 2.40. The first-order valence-corrected chi connectivity index (χ1v) is 9.88. The van der Waals surface area contributed by atoms with Crippen molar-refractivity contribution in [3.63, 3.8) is 0 Å². The van der Waals surface area contributed by atoms with Crippen LogP contribution in [0.25, 0.3) is 0 Å². The van der Waals surface area contributed by atoms with Crippen LogP contribution in [0.3, 0.4) is 0 Å². The van der Waals surface area contributed by atoms with Gasteiger partial charge in [0.25, 0.3) is 0 Å². The number of aryl methyl sites for hydroxylation is 2. The van der Waals surface area contributed by atoms with Crippen molar-refractivity contribution in [2.75, 3.05) is 19.7 Å². The van der Waals surface area contributed by atoms with Gasteiger partial charge in [-0.05, 0) is 26.3 Å². The Balaban J connectivity index is 1.55. The third kappa shape index (κ3) is 3.96. The van der Waals surface area contributed by atoms with E-state index in [9.17, 15) is 9.59 Å². The van der Waals surface area contributed by atoms with Gasteiger partial charge in [0.2, 0.25) is 0 Å². The second kappa shape index (κ2) is 8.10. The Bertz CT molecular complexity index is 973. The molecule has 2 aromatic rings. The number of cyclic esters (lactones) is 1. The normalized spacial score (nSPS) is 19.5. The van der Waals surface area contributed by atoms with E-state index in [0.717, 1.165) is 16.8 Å². The van der Waals surface area contributed by atoms with Crippen LogP contribution in [0.2, 0.25) is 0 Å². The van der Waals surface area contributed by atoms with E-state index in [0.29, 0.717) is 24.6 Å². The summed E-state index contributed by atoms with van der Waals surface area (Å²) in [5.74, 6) is 0. The molecule has 0 aliphatic carbocycles. The molecule has 1 aromatic carbocycles. The van der Waals surface area contributed by atoms with Crippen LogP contribution in [-0.2, 0) is 4.74 Å². The largest absolute Gasteiger partial charge is 0.448 e. The lowest BCUT2D eigenvalue weighted by molar-refractivity contribution is 0.150. The van der Waals surface area contributed by atoms with Crippen molar-refractivity contribution in [1.82, 2.24) is 25.2 Å². The van der Waals surface area contributed by atoms with E-state index >= 15 is 0 Å². The van der Waals surface area contributed by atoms with Gasteiger partial charge in [-0.25, -0.2) is 14.6 Å². The second-order valence-electron chi connectivity index (χ2n) is 7.51. The number of ether oxygens (including phenoxy) is 1. The maximum atomic E-state index is 12.9. The Morgan fingerprint density at radius 3 is 2.60 bits per heavy atom. The van der Waals surface area contributed by atoms with Gasteiger partial charge in [-0.3, -0.25) is 14.9 Å². The van der Waals surface area contributed by atoms with Gasteiger partial charge in [-0.2, -0.15) is 5.10 Å². The lowest BCUT2D eigenvalue weighted by Crippen LogP contribution is -2.46. The number of carbonyl (C=O) groups is 2. The molecule has 2 aliphatic heterocycles. The molecule has 1 N–H and O–H groups in total. The van der Waals surface area contributed by atoms with Gasteiger partial charge >= 0.3 is 12.1 Å². The highest BCUT2D eigenvalue weighted by atomic mass is 16.6. The van der Waals surface area contributed by atoms with Crippen LogP contribution in [0.15, 0.2) is 41.8 Å². The summed E-state index contributed by atoms with van der Waals surface area (Å²) in [7, 11) is 0. The highest BCUT2D eigenvalue weighted by molar-refractivity contribution is 6.07. The van der Waals surface area contributed by atoms with E-state index in [-0.39, 0.29) is 30.8 Å². The standard InChI is InChI=1S/C21H24N6O3/c1-13-4-6-16(7-5-13)19-18(26-8-9-30-21(26)29)12-27(25-19)20(28)24-15(3)17-11-22-14(2)10-23-17/h4-7,10-11,15,18H,8-9,12H2,1-3H3,(H,24,28)/t15-,18-/m1/s1. The Labute approximate surface area is 174 Å². The number of hydrogen-bond acceptors (Lipinski definition) is 6. The van der Waals surface area contributed by atoms with Crippen molar-refractivity contribution in [2.45, 2.75) is 32.9 Å².